The maximum atomic E-state index is 5.64. The van der Waals surface area contributed by atoms with E-state index < -0.39 is 0 Å². The van der Waals surface area contributed by atoms with E-state index in [0.717, 1.165) is 16.7 Å². The van der Waals surface area contributed by atoms with Crippen molar-refractivity contribution in [3.05, 3.63) is 16.5 Å². The lowest BCUT2D eigenvalue weighted by molar-refractivity contribution is 0.634. The molecule has 0 radical (unpaired) electrons. The van der Waals surface area contributed by atoms with Crippen LogP contribution in [-0.4, -0.2) is 9.97 Å². The summed E-state index contributed by atoms with van der Waals surface area (Å²) in [6.07, 6.45) is 2.48. The van der Waals surface area contributed by atoms with Crippen LogP contribution in [0.5, 0.6) is 0 Å². The summed E-state index contributed by atoms with van der Waals surface area (Å²) < 4.78 is 0.743. The number of nitrogen functional groups attached to an aromatic ring is 1. The van der Waals surface area contributed by atoms with E-state index in [4.69, 9.17) is 5.73 Å². The summed E-state index contributed by atoms with van der Waals surface area (Å²) >= 11 is 3.26. The minimum absolute atomic E-state index is 0.534. The lowest BCUT2D eigenvalue weighted by Crippen LogP contribution is -2.04. The van der Waals surface area contributed by atoms with E-state index in [-0.39, 0.29) is 0 Å². The monoisotopic (exact) mass is 229 g/mol. The average molecular weight is 230 g/mol. The second-order valence-corrected chi connectivity index (χ2v) is 3.94. The van der Waals surface area contributed by atoms with E-state index in [1.54, 1.807) is 6.20 Å². The van der Waals surface area contributed by atoms with E-state index in [2.05, 4.69) is 39.7 Å². The van der Waals surface area contributed by atoms with Gasteiger partial charge in [-0.25, -0.2) is 9.97 Å². The van der Waals surface area contributed by atoms with Gasteiger partial charge in [-0.05, 0) is 28.3 Å². The highest BCUT2D eigenvalue weighted by molar-refractivity contribution is 9.10. The first kappa shape index (κ1) is 9.45. The van der Waals surface area contributed by atoms with Gasteiger partial charge in [0.15, 0.2) is 0 Å². The summed E-state index contributed by atoms with van der Waals surface area (Å²) in [4.78, 5) is 8.24. The largest absolute Gasteiger partial charge is 0.382 e. The second kappa shape index (κ2) is 3.85. The maximum absolute atomic E-state index is 5.64. The fourth-order valence-electron chi connectivity index (χ4n) is 0.949. The molecule has 0 bridgehead atoms. The number of hydrogen-bond acceptors (Lipinski definition) is 3. The summed E-state index contributed by atoms with van der Waals surface area (Å²) in [7, 11) is 0. The number of hydrogen-bond donors (Lipinski definition) is 1. The minimum atomic E-state index is 0.534. The Bertz CT molecular complexity index is 273. The predicted octanol–water partition coefficient (Wildman–Crippen LogP) is 2.02. The molecule has 4 heteroatoms. The second-order valence-electron chi connectivity index (χ2n) is 3.12. The number of rotatable bonds is 2. The number of anilines is 1. The molecule has 0 aliphatic rings. The molecular formula is C8H12BrN3. The van der Waals surface area contributed by atoms with Gasteiger partial charge in [-0.1, -0.05) is 13.8 Å². The first-order valence-corrected chi connectivity index (χ1v) is 4.65. The summed E-state index contributed by atoms with van der Waals surface area (Å²) in [5.74, 6) is 1.09. The van der Waals surface area contributed by atoms with Crippen LogP contribution in [0.1, 0.15) is 19.5 Å². The highest BCUT2D eigenvalue weighted by atomic mass is 79.9. The Hall–Kier alpha value is -0.640. The van der Waals surface area contributed by atoms with Crippen molar-refractivity contribution >= 4 is 21.7 Å². The van der Waals surface area contributed by atoms with Crippen molar-refractivity contribution in [1.29, 1.82) is 0 Å². The van der Waals surface area contributed by atoms with Gasteiger partial charge in [0, 0.05) is 0 Å². The molecule has 66 valence electrons. The Labute approximate surface area is 80.5 Å². The van der Waals surface area contributed by atoms with E-state index in [9.17, 15) is 0 Å². The molecule has 0 spiro atoms. The van der Waals surface area contributed by atoms with Crippen molar-refractivity contribution in [2.75, 3.05) is 5.73 Å². The molecular weight excluding hydrogens is 218 g/mol. The summed E-state index contributed by atoms with van der Waals surface area (Å²) in [5.41, 5.74) is 6.52. The fraction of sp³-hybridized carbons (Fsp3) is 0.500. The SMILES string of the molecule is CC(C)Cc1nc(Br)cnc1N. The zero-order valence-electron chi connectivity index (χ0n) is 7.21. The van der Waals surface area contributed by atoms with Crippen LogP contribution in [0.2, 0.25) is 0 Å². The molecule has 0 aromatic carbocycles. The Balaban J connectivity index is 2.90. The minimum Gasteiger partial charge on any atom is -0.382 e. The number of nitrogens with zero attached hydrogens (tertiary/aromatic N) is 2. The van der Waals surface area contributed by atoms with Crippen molar-refractivity contribution in [3.63, 3.8) is 0 Å². The lowest BCUT2D eigenvalue weighted by atomic mass is 10.1. The van der Waals surface area contributed by atoms with Crippen molar-refractivity contribution in [3.8, 4) is 0 Å². The number of halogens is 1. The van der Waals surface area contributed by atoms with Crippen LogP contribution < -0.4 is 5.73 Å². The van der Waals surface area contributed by atoms with Gasteiger partial charge in [-0.15, -0.1) is 0 Å². The van der Waals surface area contributed by atoms with Crippen molar-refractivity contribution < 1.29 is 0 Å². The zero-order chi connectivity index (χ0) is 9.14. The van der Waals surface area contributed by atoms with Gasteiger partial charge >= 0.3 is 0 Å². The van der Waals surface area contributed by atoms with Gasteiger partial charge in [0.05, 0.1) is 11.9 Å². The first-order chi connectivity index (χ1) is 5.59. The normalized spacial score (nSPS) is 10.7. The third-order valence-electron chi connectivity index (χ3n) is 1.45. The molecule has 1 heterocycles. The predicted molar refractivity (Wildman–Crippen MR) is 52.7 cm³/mol. The molecule has 1 aromatic heterocycles. The Morgan fingerprint density at radius 3 is 2.83 bits per heavy atom. The molecule has 0 atom stereocenters. The molecule has 0 aliphatic heterocycles. The molecule has 2 N–H and O–H groups in total. The molecule has 0 amide bonds. The molecule has 0 unspecified atom stereocenters. The van der Waals surface area contributed by atoms with Gasteiger partial charge in [0.2, 0.25) is 0 Å². The van der Waals surface area contributed by atoms with Crippen LogP contribution in [-0.2, 0) is 6.42 Å². The molecule has 0 fully saturated rings. The molecule has 0 aliphatic carbocycles. The van der Waals surface area contributed by atoms with Gasteiger partial charge in [0.25, 0.3) is 0 Å². The van der Waals surface area contributed by atoms with Gasteiger partial charge in [-0.2, -0.15) is 0 Å². The van der Waals surface area contributed by atoms with E-state index in [1.165, 1.54) is 0 Å². The molecule has 0 saturated heterocycles. The Kier molecular flexibility index (Phi) is 3.03. The molecule has 12 heavy (non-hydrogen) atoms. The molecule has 3 nitrogen and oxygen atoms in total. The van der Waals surface area contributed by atoms with Crippen LogP contribution in [0.4, 0.5) is 5.82 Å². The summed E-state index contributed by atoms with van der Waals surface area (Å²) in [6, 6.07) is 0. The maximum Gasteiger partial charge on any atom is 0.145 e. The Morgan fingerprint density at radius 1 is 1.58 bits per heavy atom. The van der Waals surface area contributed by atoms with Crippen LogP contribution in [0.15, 0.2) is 10.8 Å². The van der Waals surface area contributed by atoms with Gasteiger partial charge in [-0.3, -0.25) is 0 Å². The van der Waals surface area contributed by atoms with E-state index >= 15 is 0 Å². The standard InChI is InChI=1S/C8H12BrN3/c1-5(2)3-6-8(10)11-4-7(9)12-6/h4-5H,3H2,1-2H3,(H2,10,11). The Morgan fingerprint density at radius 2 is 2.25 bits per heavy atom. The molecule has 0 saturated carbocycles. The van der Waals surface area contributed by atoms with Crippen LogP contribution >= 0.6 is 15.9 Å². The third kappa shape index (κ3) is 2.44. The highest BCUT2D eigenvalue weighted by Crippen LogP contribution is 2.14. The fourth-order valence-corrected chi connectivity index (χ4v) is 1.27. The van der Waals surface area contributed by atoms with Crippen molar-refractivity contribution in [1.82, 2.24) is 9.97 Å². The number of nitrogens with two attached hydrogens (primary N) is 1. The smallest absolute Gasteiger partial charge is 0.145 e. The van der Waals surface area contributed by atoms with Crippen LogP contribution in [0.25, 0.3) is 0 Å². The zero-order valence-corrected chi connectivity index (χ0v) is 8.80. The molecule has 1 aromatic rings. The van der Waals surface area contributed by atoms with Crippen LogP contribution in [0.3, 0.4) is 0 Å². The highest BCUT2D eigenvalue weighted by Gasteiger charge is 2.05. The van der Waals surface area contributed by atoms with E-state index in [0.29, 0.717) is 11.7 Å². The summed E-state index contributed by atoms with van der Waals surface area (Å²) in [5, 5.41) is 0. The average Bonchev–Trinajstić information content (AvgIpc) is 1.96. The molecule has 1 rings (SSSR count). The van der Waals surface area contributed by atoms with Gasteiger partial charge < -0.3 is 5.73 Å². The number of aromatic nitrogens is 2. The lowest BCUT2D eigenvalue weighted by Gasteiger charge is -2.06. The topological polar surface area (TPSA) is 51.8 Å². The third-order valence-corrected chi connectivity index (χ3v) is 1.83. The van der Waals surface area contributed by atoms with Crippen molar-refractivity contribution in [2.24, 2.45) is 5.92 Å². The van der Waals surface area contributed by atoms with E-state index in [1.807, 2.05) is 0 Å². The van der Waals surface area contributed by atoms with Crippen molar-refractivity contribution in [2.45, 2.75) is 20.3 Å². The quantitative estimate of drug-likeness (QED) is 0.845. The van der Waals surface area contributed by atoms with Gasteiger partial charge in [0.1, 0.15) is 10.4 Å². The van der Waals surface area contributed by atoms with Crippen LogP contribution in [0, 0.1) is 5.92 Å². The summed E-state index contributed by atoms with van der Waals surface area (Å²) in [6.45, 7) is 4.25. The first-order valence-electron chi connectivity index (χ1n) is 3.86.